The molecule has 1 amide bonds. The molecule has 0 unspecified atom stereocenters. The first-order chi connectivity index (χ1) is 19.4. The van der Waals surface area contributed by atoms with Crippen LogP contribution in [0, 0.1) is 17.0 Å². The van der Waals surface area contributed by atoms with Crippen LogP contribution in [0.2, 0.25) is 0 Å². The van der Waals surface area contributed by atoms with E-state index in [4.69, 9.17) is 5.10 Å². The second-order valence-corrected chi connectivity index (χ2v) is 10.6. The highest BCUT2D eigenvalue weighted by Crippen LogP contribution is 2.31. The summed E-state index contributed by atoms with van der Waals surface area (Å²) in [6.07, 6.45) is 0. The molecule has 0 saturated carbocycles. The molecule has 1 aliphatic heterocycles. The number of anilines is 1. The Bertz CT molecular complexity index is 1790. The van der Waals surface area contributed by atoms with Crippen LogP contribution >= 0.6 is 11.3 Å². The van der Waals surface area contributed by atoms with Gasteiger partial charge < -0.3 is 9.80 Å². The van der Waals surface area contributed by atoms with Crippen molar-refractivity contribution in [3.05, 3.63) is 115 Å². The lowest BCUT2D eigenvalue weighted by atomic mass is 10.0. The third kappa shape index (κ3) is 4.62. The third-order valence-electron chi connectivity index (χ3n) is 7.18. The van der Waals surface area contributed by atoms with Crippen molar-refractivity contribution in [2.24, 2.45) is 0 Å². The number of benzene rings is 3. The lowest BCUT2D eigenvalue weighted by molar-refractivity contribution is -0.384. The van der Waals surface area contributed by atoms with Gasteiger partial charge in [0.15, 0.2) is 0 Å². The molecule has 6 rings (SSSR count). The number of rotatable bonds is 5. The van der Waals surface area contributed by atoms with E-state index >= 15 is 0 Å². The van der Waals surface area contributed by atoms with Crippen molar-refractivity contribution in [3.8, 4) is 16.9 Å². The molecule has 0 aliphatic carbocycles. The molecule has 0 spiro atoms. The van der Waals surface area contributed by atoms with Crippen molar-refractivity contribution >= 4 is 39.4 Å². The number of nitrogens with zero attached hydrogens (tertiary/aromatic N) is 5. The maximum Gasteiger partial charge on any atom is 0.295 e. The van der Waals surface area contributed by atoms with E-state index in [-0.39, 0.29) is 17.3 Å². The Morgan fingerprint density at radius 3 is 2.33 bits per heavy atom. The molecule has 2 aromatic heterocycles. The van der Waals surface area contributed by atoms with Gasteiger partial charge in [0.2, 0.25) is 0 Å². The van der Waals surface area contributed by atoms with Crippen molar-refractivity contribution in [1.82, 2.24) is 14.7 Å². The number of thiophene rings is 1. The van der Waals surface area contributed by atoms with Crippen LogP contribution in [0.15, 0.2) is 89.0 Å². The Hall–Kier alpha value is -4.83. The van der Waals surface area contributed by atoms with E-state index in [1.165, 1.54) is 17.4 Å². The van der Waals surface area contributed by atoms with E-state index in [0.717, 1.165) is 21.5 Å². The largest absolute Gasteiger partial charge is 0.368 e. The second kappa shape index (κ2) is 10.4. The zero-order valence-corrected chi connectivity index (χ0v) is 22.5. The van der Waals surface area contributed by atoms with Crippen LogP contribution in [0.25, 0.3) is 27.7 Å². The van der Waals surface area contributed by atoms with Crippen molar-refractivity contribution in [2.75, 3.05) is 31.1 Å². The topological polar surface area (TPSA) is 102 Å². The van der Waals surface area contributed by atoms with E-state index in [9.17, 15) is 19.7 Å². The Morgan fingerprint density at radius 1 is 0.925 bits per heavy atom. The van der Waals surface area contributed by atoms with Crippen LogP contribution in [-0.4, -0.2) is 51.7 Å². The standard InChI is InChI=1S/C30H25N5O4S/c1-20-8-10-21(11-9-20)28-23-5-2-3-6-24(23)29(36)34(31-28)26-19-22(12-13-25(26)35(38)39)32-14-16-33(17-15-32)30(37)27-7-4-18-40-27/h2-13,18-19H,14-17H2,1H3. The zero-order chi connectivity index (χ0) is 27.8. The molecular weight excluding hydrogens is 526 g/mol. The van der Waals surface area contributed by atoms with Gasteiger partial charge in [-0.05, 0) is 36.6 Å². The number of piperazine rings is 1. The van der Waals surface area contributed by atoms with Crippen molar-refractivity contribution in [3.63, 3.8) is 0 Å². The Kier molecular flexibility index (Phi) is 6.61. The number of nitro benzene ring substituents is 1. The van der Waals surface area contributed by atoms with Gasteiger partial charge in [0.05, 0.1) is 20.9 Å². The molecule has 0 N–H and O–H groups in total. The van der Waals surface area contributed by atoms with Crippen molar-refractivity contribution in [1.29, 1.82) is 0 Å². The molecule has 0 radical (unpaired) electrons. The minimum absolute atomic E-state index is 0.00888. The number of carbonyl (C=O) groups excluding carboxylic acids is 1. The summed E-state index contributed by atoms with van der Waals surface area (Å²) >= 11 is 1.42. The molecular formula is C30H25N5O4S. The predicted molar refractivity (Wildman–Crippen MR) is 157 cm³/mol. The number of aryl methyl sites for hydroxylation is 1. The highest BCUT2D eigenvalue weighted by molar-refractivity contribution is 7.12. The van der Waals surface area contributed by atoms with Gasteiger partial charge in [-0.25, -0.2) is 0 Å². The monoisotopic (exact) mass is 551 g/mol. The third-order valence-corrected chi connectivity index (χ3v) is 8.04. The Balaban J connectivity index is 1.41. The number of hydrogen-bond donors (Lipinski definition) is 0. The van der Waals surface area contributed by atoms with Crippen LogP contribution in [0.3, 0.4) is 0 Å². The van der Waals surface area contributed by atoms with E-state index in [1.807, 2.05) is 65.7 Å². The second-order valence-electron chi connectivity index (χ2n) is 9.66. The number of nitro groups is 1. The maximum absolute atomic E-state index is 13.7. The molecule has 1 saturated heterocycles. The summed E-state index contributed by atoms with van der Waals surface area (Å²) in [5, 5.41) is 19.8. The molecule has 0 atom stereocenters. The van der Waals surface area contributed by atoms with Crippen molar-refractivity contribution < 1.29 is 9.72 Å². The Morgan fingerprint density at radius 2 is 1.65 bits per heavy atom. The van der Waals surface area contributed by atoms with E-state index in [1.54, 1.807) is 24.3 Å². The molecule has 1 aliphatic rings. The quantitative estimate of drug-likeness (QED) is 0.217. The number of aromatic nitrogens is 2. The van der Waals surface area contributed by atoms with Gasteiger partial charge in [0.25, 0.3) is 17.2 Å². The first kappa shape index (κ1) is 25.4. The molecule has 10 heteroatoms. The Labute approximate surface area is 233 Å². The van der Waals surface area contributed by atoms with Crippen LogP contribution < -0.4 is 10.5 Å². The molecule has 1 fully saturated rings. The van der Waals surface area contributed by atoms with Crippen LogP contribution in [-0.2, 0) is 0 Å². The summed E-state index contributed by atoms with van der Waals surface area (Å²) in [5.41, 5.74) is 2.64. The van der Waals surface area contributed by atoms with Gasteiger partial charge in [-0.1, -0.05) is 54.1 Å². The summed E-state index contributed by atoms with van der Waals surface area (Å²) in [5.74, 6) is 0.00888. The molecule has 9 nitrogen and oxygen atoms in total. The first-order valence-corrected chi connectivity index (χ1v) is 13.7. The molecule has 200 valence electrons. The number of hydrogen-bond acceptors (Lipinski definition) is 7. The number of amides is 1. The summed E-state index contributed by atoms with van der Waals surface area (Å²) in [7, 11) is 0. The van der Waals surface area contributed by atoms with Gasteiger partial charge in [0.1, 0.15) is 5.69 Å². The van der Waals surface area contributed by atoms with Gasteiger partial charge in [-0.15, -0.1) is 11.3 Å². The highest BCUT2D eigenvalue weighted by Gasteiger charge is 2.26. The lowest BCUT2D eigenvalue weighted by Gasteiger charge is -2.36. The number of fused-ring (bicyclic) bond motifs is 1. The average Bonchev–Trinajstić information content (AvgIpc) is 3.53. The van der Waals surface area contributed by atoms with E-state index in [2.05, 4.69) is 4.90 Å². The normalized spacial score (nSPS) is 13.5. The summed E-state index contributed by atoms with van der Waals surface area (Å²) < 4.78 is 1.15. The molecule has 0 bridgehead atoms. The fourth-order valence-electron chi connectivity index (χ4n) is 5.03. The predicted octanol–water partition coefficient (Wildman–Crippen LogP) is 5.29. The number of carbonyl (C=O) groups is 1. The van der Waals surface area contributed by atoms with Gasteiger partial charge in [-0.3, -0.25) is 19.7 Å². The molecule has 40 heavy (non-hydrogen) atoms. The lowest BCUT2D eigenvalue weighted by Crippen LogP contribution is -2.48. The first-order valence-electron chi connectivity index (χ1n) is 12.9. The summed E-state index contributed by atoms with van der Waals surface area (Å²) in [4.78, 5) is 42.6. The van der Waals surface area contributed by atoms with Crippen LogP contribution in [0.5, 0.6) is 0 Å². The van der Waals surface area contributed by atoms with Gasteiger partial charge >= 0.3 is 0 Å². The smallest absolute Gasteiger partial charge is 0.295 e. The van der Waals surface area contributed by atoms with E-state index in [0.29, 0.717) is 47.5 Å². The minimum atomic E-state index is -0.494. The fraction of sp³-hybridized carbons (Fsp3) is 0.167. The summed E-state index contributed by atoms with van der Waals surface area (Å²) in [6, 6.07) is 23.4. The fourth-order valence-corrected chi connectivity index (χ4v) is 5.72. The van der Waals surface area contributed by atoms with Crippen LogP contribution in [0.4, 0.5) is 11.4 Å². The zero-order valence-electron chi connectivity index (χ0n) is 21.7. The maximum atomic E-state index is 13.7. The molecule has 5 aromatic rings. The molecule has 3 aromatic carbocycles. The average molecular weight is 552 g/mol. The minimum Gasteiger partial charge on any atom is -0.368 e. The van der Waals surface area contributed by atoms with Crippen LogP contribution in [0.1, 0.15) is 15.2 Å². The van der Waals surface area contributed by atoms with Gasteiger partial charge in [-0.2, -0.15) is 9.78 Å². The van der Waals surface area contributed by atoms with Gasteiger partial charge in [0, 0.05) is 48.9 Å². The summed E-state index contributed by atoms with van der Waals surface area (Å²) in [6.45, 7) is 4.15. The SMILES string of the molecule is Cc1ccc(-c2nn(-c3cc(N4CCN(C(=O)c5cccs5)CC4)ccc3[N+](=O)[O-])c(=O)c3ccccc23)cc1. The molecule has 3 heterocycles. The van der Waals surface area contributed by atoms with Crippen molar-refractivity contribution in [2.45, 2.75) is 6.92 Å². The van der Waals surface area contributed by atoms with E-state index < -0.39 is 10.5 Å². The highest BCUT2D eigenvalue weighted by atomic mass is 32.1.